The summed E-state index contributed by atoms with van der Waals surface area (Å²) in [6.45, 7) is 3.74. The zero-order valence-electron chi connectivity index (χ0n) is 19.0. The van der Waals surface area contributed by atoms with Crippen LogP contribution in [-0.2, 0) is 0 Å². The molecule has 7 rings (SSSR count). The Morgan fingerprint density at radius 2 is 1.47 bits per heavy atom. The fourth-order valence-corrected chi connectivity index (χ4v) is 5.31. The summed E-state index contributed by atoms with van der Waals surface area (Å²) < 4.78 is 2.22. The Hall–Kier alpha value is -4.83. The first kappa shape index (κ1) is 20.5. The van der Waals surface area contributed by atoms with Crippen LogP contribution in [0.3, 0.4) is 0 Å². The molecule has 6 aromatic rings. The van der Waals surface area contributed by atoms with Crippen molar-refractivity contribution in [3.05, 3.63) is 99.7 Å². The van der Waals surface area contributed by atoms with Crippen molar-refractivity contribution < 1.29 is 0 Å². The third-order valence-electron chi connectivity index (χ3n) is 7.02. The highest BCUT2D eigenvalue weighted by Crippen LogP contribution is 2.35. The zero-order valence-corrected chi connectivity index (χ0v) is 19.0. The van der Waals surface area contributed by atoms with E-state index < -0.39 is 49.9 Å². The quantitative estimate of drug-likeness (QED) is 0.309. The number of nitrogens with one attached hydrogen (secondary N) is 1. The minimum Gasteiger partial charge on any atom is -0.307 e. The number of hydrogen-bond acceptors (Lipinski definition) is 8. The van der Waals surface area contributed by atoms with E-state index in [2.05, 4.69) is 9.97 Å². The molecule has 0 saturated heterocycles. The summed E-state index contributed by atoms with van der Waals surface area (Å²) in [5, 5.41) is 8.52. The molecule has 1 atom stereocenters. The standard InChI is InChI=1S/C26H16N6O4/c1-9-4-6-12-13(7-9)22(28)32-23(12)29-17-15(26(32)36)20(34)18-16(19(17)33)25(35)31-21(27)11-5-3-10(2)8-14(11)24(31)30-18/h3-8,22,27H,28H2,1-2H3. The van der Waals surface area contributed by atoms with Crippen LogP contribution >= 0.6 is 0 Å². The lowest BCUT2D eigenvalue weighted by Gasteiger charge is -2.10. The summed E-state index contributed by atoms with van der Waals surface area (Å²) in [7, 11) is 0. The van der Waals surface area contributed by atoms with Crippen molar-refractivity contribution in [2.24, 2.45) is 5.73 Å². The van der Waals surface area contributed by atoms with Crippen LogP contribution in [0.1, 0.15) is 22.9 Å². The minimum absolute atomic E-state index is 0.0841. The van der Waals surface area contributed by atoms with Gasteiger partial charge < -0.3 is 5.73 Å². The number of benzene rings is 3. The minimum atomic E-state index is -0.876. The normalized spacial score (nSPS) is 14.8. The number of nitrogens with zero attached hydrogens (tertiary/aromatic N) is 4. The second-order valence-electron chi connectivity index (χ2n) is 9.23. The van der Waals surface area contributed by atoms with Gasteiger partial charge in [0, 0.05) is 21.9 Å². The number of nitrogens with two attached hydrogens (primary N) is 1. The lowest BCUT2D eigenvalue weighted by molar-refractivity contribution is 0.618. The average molecular weight is 476 g/mol. The lowest BCUT2D eigenvalue weighted by Crippen LogP contribution is -2.35. The van der Waals surface area contributed by atoms with Crippen molar-refractivity contribution in [2.75, 3.05) is 0 Å². The van der Waals surface area contributed by atoms with E-state index in [4.69, 9.17) is 11.1 Å². The van der Waals surface area contributed by atoms with Crippen molar-refractivity contribution >= 4 is 38.2 Å². The van der Waals surface area contributed by atoms with Crippen molar-refractivity contribution in [3.8, 4) is 11.4 Å². The van der Waals surface area contributed by atoms with Gasteiger partial charge in [-0.2, -0.15) is 0 Å². The molecule has 10 nitrogen and oxygen atoms in total. The summed E-state index contributed by atoms with van der Waals surface area (Å²) >= 11 is 0. The lowest BCUT2D eigenvalue weighted by atomic mass is 10.1. The van der Waals surface area contributed by atoms with Gasteiger partial charge in [-0.15, -0.1) is 0 Å². The molecule has 3 aromatic heterocycles. The predicted molar refractivity (Wildman–Crippen MR) is 134 cm³/mol. The molecule has 1 unspecified atom stereocenters. The third kappa shape index (κ3) is 2.26. The van der Waals surface area contributed by atoms with E-state index in [1.165, 1.54) is 4.57 Å². The van der Waals surface area contributed by atoms with E-state index >= 15 is 0 Å². The SMILES string of the molecule is Cc1ccc2c(c1)C(N)n1c-2nc2c(=O)c3c(=O)n4c(=N)c5ccc(C)cc5c4nc3c(=O)c2c1=O. The van der Waals surface area contributed by atoms with E-state index in [0.29, 0.717) is 21.9 Å². The average Bonchev–Trinajstić information content (AvgIpc) is 3.28. The van der Waals surface area contributed by atoms with Gasteiger partial charge in [0.2, 0.25) is 10.9 Å². The molecular formula is C26H16N6O4. The van der Waals surface area contributed by atoms with Gasteiger partial charge in [-0.1, -0.05) is 41.5 Å². The number of aromatic nitrogens is 4. The van der Waals surface area contributed by atoms with E-state index in [0.717, 1.165) is 15.5 Å². The molecule has 10 heteroatoms. The van der Waals surface area contributed by atoms with E-state index in [1.54, 1.807) is 24.3 Å². The highest BCUT2D eigenvalue weighted by molar-refractivity contribution is 6.00. The molecule has 0 bridgehead atoms. The van der Waals surface area contributed by atoms with E-state index in [9.17, 15) is 19.2 Å². The Bertz CT molecular complexity index is 2310. The maximum atomic E-state index is 13.6. The first-order chi connectivity index (χ1) is 17.2. The predicted octanol–water partition coefficient (Wildman–Crippen LogP) is 0.889. The maximum absolute atomic E-state index is 13.6. The van der Waals surface area contributed by atoms with Gasteiger partial charge in [0.25, 0.3) is 11.1 Å². The van der Waals surface area contributed by atoms with Gasteiger partial charge in [0.05, 0.1) is 0 Å². The summed E-state index contributed by atoms with van der Waals surface area (Å²) in [6.07, 6.45) is -0.876. The molecule has 3 aromatic carbocycles. The summed E-state index contributed by atoms with van der Waals surface area (Å²) in [5.74, 6) is 0.163. The second-order valence-corrected chi connectivity index (χ2v) is 9.23. The summed E-state index contributed by atoms with van der Waals surface area (Å²) in [6, 6.07) is 10.7. The largest absolute Gasteiger partial charge is 0.307 e. The second kappa shape index (κ2) is 6.43. The maximum Gasteiger partial charge on any atom is 0.271 e. The Kier molecular flexibility index (Phi) is 3.67. The third-order valence-corrected chi connectivity index (χ3v) is 7.02. The van der Waals surface area contributed by atoms with Gasteiger partial charge in [-0.25, -0.2) is 14.4 Å². The van der Waals surface area contributed by atoms with Crippen molar-refractivity contribution in [1.82, 2.24) is 18.9 Å². The van der Waals surface area contributed by atoms with Crippen LogP contribution in [0, 0.1) is 19.3 Å². The topological polar surface area (TPSA) is 153 Å². The molecule has 0 saturated carbocycles. The van der Waals surface area contributed by atoms with Crippen LogP contribution < -0.4 is 33.2 Å². The van der Waals surface area contributed by atoms with Crippen LogP contribution in [0.15, 0.2) is 55.6 Å². The van der Waals surface area contributed by atoms with Crippen molar-refractivity contribution in [1.29, 1.82) is 5.41 Å². The number of aryl methyl sites for hydroxylation is 2. The molecule has 36 heavy (non-hydrogen) atoms. The van der Waals surface area contributed by atoms with Crippen LogP contribution in [0.2, 0.25) is 0 Å². The van der Waals surface area contributed by atoms with Crippen molar-refractivity contribution in [3.63, 3.8) is 0 Å². The zero-order chi connectivity index (χ0) is 25.2. The highest BCUT2D eigenvalue weighted by atomic mass is 16.2. The van der Waals surface area contributed by atoms with Crippen LogP contribution in [0.4, 0.5) is 0 Å². The molecular weight excluding hydrogens is 460 g/mol. The van der Waals surface area contributed by atoms with E-state index in [1.807, 2.05) is 26.0 Å². The molecule has 4 heterocycles. The monoisotopic (exact) mass is 476 g/mol. The van der Waals surface area contributed by atoms with Crippen LogP contribution in [-0.4, -0.2) is 18.9 Å². The first-order valence-corrected chi connectivity index (χ1v) is 11.2. The fraction of sp³-hybridized carbons (Fsp3) is 0.115. The number of fused-ring (bicyclic) bond motifs is 8. The highest BCUT2D eigenvalue weighted by Gasteiger charge is 2.32. The molecule has 3 N–H and O–H groups in total. The molecule has 174 valence electrons. The van der Waals surface area contributed by atoms with Gasteiger partial charge in [0.1, 0.15) is 44.9 Å². The smallest absolute Gasteiger partial charge is 0.271 e. The summed E-state index contributed by atoms with van der Waals surface area (Å²) in [5.41, 5.74) is 5.18. The van der Waals surface area contributed by atoms with Gasteiger partial charge in [-0.05, 0) is 19.9 Å². The summed E-state index contributed by atoms with van der Waals surface area (Å²) in [4.78, 5) is 63.1. The van der Waals surface area contributed by atoms with Crippen LogP contribution in [0.5, 0.6) is 0 Å². The molecule has 0 spiro atoms. The molecule has 0 radical (unpaired) electrons. The number of rotatable bonds is 0. The molecule has 0 amide bonds. The van der Waals surface area contributed by atoms with E-state index in [-0.39, 0.29) is 17.0 Å². The Morgan fingerprint density at radius 3 is 2.22 bits per heavy atom. The first-order valence-electron chi connectivity index (χ1n) is 11.2. The molecule has 0 fully saturated rings. The Morgan fingerprint density at radius 1 is 0.833 bits per heavy atom. The van der Waals surface area contributed by atoms with Gasteiger partial charge in [-0.3, -0.25) is 29.2 Å². The van der Waals surface area contributed by atoms with Crippen molar-refractivity contribution in [2.45, 2.75) is 20.0 Å². The molecule has 0 aliphatic carbocycles. The van der Waals surface area contributed by atoms with Gasteiger partial charge in [0.15, 0.2) is 0 Å². The fourth-order valence-electron chi connectivity index (χ4n) is 5.31. The number of hydrogen-bond donors (Lipinski definition) is 2. The molecule has 1 aliphatic heterocycles. The van der Waals surface area contributed by atoms with Gasteiger partial charge >= 0.3 is 0 Å². The Labute approximate surface area is 199 Å². The Balaban J connectivity index is 1.72. The van der Waals surface area contributed by atoms with Crippen LogP contribution in [0.25, 0.3) is 49.6 Å². The molecule has 1 aliphatic rings.